The van der Waals surface area contributed by atoms with Crippen LogP contribution in [0.4, 0.5) is 0 Å². The number of hydrogen-bond acceptors (Lipinski definition) is 3. The third-order valence-electron chi connectivity index (χ3n) is 2.05. The maximum atomic E-state index is 10.0. The lowest BCUT2D eigenvalue weighted by Gasteiger charge is -2.13. The van der Waals surface area contributed by atoms with Crippen LogP contribution in [0, 0.1) is 4.91 Å². The molecule has 0 aliphatic heterocycles. The summed E-state index contributed by atoms with van der Waals surface area (Å²) in [5.74, 6) is 0. The number of nitrogens with zero attached hydrogens (tertiary/aromatic N) is 2. The van der Waals surface area contributed by atoms with Gasteiger partial charge in [-0.15, -0.1) is 4.91 Å². The van der Waals surface area contributed by atoms with Crippen LogP contribution >= 0.6 is 0 Å². The molecule has 0 bridgehead atoms. The van der Waals surface area contributed by atoms with E-state index in [1.165, 1.54) is 5.01 Å². The number of hydrogen-bond donors (Lipinski definition) is 1. The van der Waals surface area contributed by atoms with Gasteiger partial charge in [0.05, 0.1) is 11.4 Å². The van der Waals surface area contributed by atoms with Gasteiger partial charge in [0.1, 0.15) is 0 Å². The number of benzene rings is 1. The van der Waals surface area contributed by atoms with Crippen molar-refractivity contribution in [2.45, 2.75) is 12.5 Å². The van der Waals surface area contributed by atoms with Crippen LogP contribution in [0.15, 0.2) is 35.6 Å². The Kier molecular flexibility index (Phi) is 4.07. The minimum atomic E-state index is -0.527. The first kappa shape index (κ1) is 10.7. The summed E-state index contributed by atoms with van der Waals surface area (Å²) in [5, 5.41) is 13.7. The van der Waals surface area contributed by atoms with E-state index in [4.69, 9.17) is 0 Å². The molecule has 0 spiro atoms. The minimum Gasteiger partial charge on any atom is -0.388 e. The van der Waals surface area contributed by atoms with Crippen molar-refractivity contribution in [3.8, 4) is 0 Å². The quantitative estimate of drug-likeness (QED) is 0.573. The standard InChI is InChI=1S/C10H14N2O2/c1-12(11-14)8-7-10(13)9-5-3-2-4-6-9/h2-6,10,13H,7-8H2,1H3. The van der Waals surface area contributed by atoms with Crippen molar-refractivity contribution in [3.63, 3.8) is 0 Å². The fourth-order valence-electron chi connectivity index (χ4n) is 1.19. The number of rotatable bonds is 5. The summed E-state index contributed by atoms with van der Waals surface area (Å²) in [6.45, 7) is 0.458. The zero-order valence-electron chi connectivity index (χ0n) is 8.13. The molecule has 0 aromatic heterocycles. The maximum Gasteiger partial charge on any atom is 0.0807 e. The van der Waals surface area contributed by atoms with Gasteiger partial charge in [-0.2, -0.15) is 0 Å². The van der Waals surface area contributed by atoms with Gasteiger partial charge in [0.25, 0.3) is 0 Å². The molecule has 0 radical (unpaired) electrons. The molecule has 76 valence electrons. The second-order valence-electron chi connectivity index (χ2n) is 3.18. The fraction of sp³-hybridized carbons (Fsp3) is 0.400. The van der Waals surface area contributed by atoms with Gasteiger partial charge in [0, 0.05) is 13.6 Å². The van der Waals surface area contributed by atoms with Crippen molar-refractivity contribution in [1.82, 2.24) is 5.01 Å². The van der Waals surface area contributed by atoms with Crippen molar-refractivity contribution in [2.75, 3.05) is 13.6 Å². The number of nitroso groups, excluding NO2 is 1. The summed E-state index contributed by atoms with van der Waals surface area (Å²) in [6, 6.07) is 9.37. The highest BCUT2D eigenvalue weighted by molar-refractivity contribution is 5.17. The van der Waals surface area contributed by atoms with E-state index in [9.17, 15) is 10.0 Å². The monoisotopic (exact) mass is 194 g/mol. The lowest BCUT2D eigenvalue weighted by atomic mass is 10.1. The van der Waals surface area contributed by atoms with Crippen LogP contribution in [0.3, 0.4) is 0 Å². The van der Waals surface area contributed by atoms with Crippen LogP contribution in [0.5, 0.6) is 0 Å². The molecule has 0 heterocycles. The maximum absolute atomic E-state index is 10.0. The molecule has 0 fully saturated rings. The first-order valence-corrected chi connectivity index (χ1v) is 4.51. The Morgan fingerprint density at radius 2 is 2.07 bits per heavy atom. The van der Waals surface area contributed by atoms with E-state index in [0.29, 0.717) is 13.0 Å². The number of aliphatic hydroxyl groups excluding tert-OH is 1. The first-order valence-electron chi connectivity index (χ1n) is 4.51. The van der Waals surface area contributed by atoms with Crippen molar-refractivity contribution < 1.29 is 5.11 Å². The molecule has 0 saturated heterocycles. The van der Waals surface area contributed by atoms with Crippen molar-refractivity contribution in [1.29, 1.82) is 0 Å². The normalized spacial score (nSPS) is 12.1. The zero-order valence-corrected chi connectivity index (χ0v) is 8.13. The highest BCUT2D eigenvalue weighted by atomic mass is 16.3. The van der Waals surface area contributed by atoms with Crippen molar-refractivity contribution >= 4 is 0 Å². The minimum absolute atomic E-state index is 0.458. The molecule has 4 heteroatoms. The molecule has 1 aromatic carbocycles. The molecular weight excluding hydrogens is 180 g/mol. The molecule has 0 aliphatic carbocycles. The van der Waals surface area contributed by atoms with Gasteiger partial charge in [0.15, 0.2) is 0 Å². The summed E-state index contributed by atoms with van der Waals surface area (Å²) < 4.78 is 0. The highest BCUT2D eigenvalue weighted by Gasteiger charge is 2.07. The van der Waals surface area contributed by atoms with E-state index < -0.39 is 6.10 Å². The van der Waals surface area contributed by atoms with E-state index in [0.717, 1.165) is 5.56 Å². The predicted octanol–water partition coefficient (Wildman–Crippen LogP) is 1.72. The van der Waals surface area contributed by atoms with E-state index in [1.807, 2.05) is 30.3 Å². The molecule has 1 unspecified atom stereocenters. The van der Waals surface area contributed by atoms with E-state index in [-0.39, 0.29) is 0 Å². The molecule has 0 aliphatic rings. The molecular formula is C10H14N2O2. The fourth-order valence-corrected chi connectivity index (χ4v) is 1.19. The largest absolute Gasteiger partial charge is 0.388 e. The average Bonchev–Trinajstić information content (AvgIpc) is 2.26. The van der Waals surface area contributed by atoms with Gasteiger partial charge in [-0.3, -0.25) is 5.01 Å². The third kappa shape index (κ3) is 3.14. The molecule has 1 N–H and O–H groups in total. The summed E-state index contributed by atoms with van der Waals surface area (Å²) in [7, 11) is 1.59. The van der Waals surface area contributed by atoms with Crippen LogP contribution in [0.25, 0.3) is 0 Å². The molecule has 1 atom stereocenters. The van der Waals surface area contributed by atoms with Gasteiger partial charge in [-0.1, -0.05) is 30.3 Å². The summed E-state index contributed by atoms with van der Waals surface area (Å²) in [5.41, 5.74) is 0.867. The smallest absolute Gasteiger partial charge is 0.0807 e. The Morgan fingerprint density at radius 1 is 1.43 bits per heavy atom. The van der Waals surface area contributed by atoms with Gasteiger partial charge in [0.2, 0.25) is 0 Å². The van der Waals surface area contributed by atoms with Gasteiger partial charge in [-0.25, -0.2) is 0 Å². The average molecular weight is 194 g/mol. The third-order valence-corrected chi connectivity index (χ3v) is 2.05. The van der Waals surface area contributed by atoms with Crippen LogP contribution < -0.4 is 0 Å². The lowest BCUT2D eigenvalue weighted by Crippen LogP contribution is -2.14. The Balaban J connectivity index is 2.43. The molecule has 14 heavy (non-hydrogen) atoms. The Labute approximate surface area is 83.1 Å². The van der Waals surface area contributed by atoms with Crippen LogP contribution in [-0.4, -0.2) is 23.7 Å². The Bertz CT molecular complexity index is 277. The topological polar surface area (TPSA) is 52.9 Å². The predicted molar refractivity (Wildman–Crippen MR) is 54.4 cm³/mol. The van der Waals surface area contributed by atoms with Gasteiger partial charge < -0.3 is 5.11 Å². The van der Waals surface area contributed by atoms with Gasteiger partial charge in [-0.05, 0) is 12.0 Å². The lowest BCUT2D eigenvalue weighted by molar-refractivity contribution is 0.149. The molecule has 4 nitrogen and oxygen atoms in total. The van der Waals surface area contributed by atoms with E-state index >= 15 is 0 Å². The SMILES string of the molecule is CN(CCC(O)c1ccccc1)N=O. The van der Waals surface area contributed by atoms with E-state index in [1.54, 1.807) is 7.05 Å². The summed E-state index contributed by atoms with van der Waals surface area (Å²) in [4.78, 5) is 10.0. The zero-order chi connectivity index (χ0) is 10.4. The second kappa shape index (κ2) is 5.34. The van der Waals surface area contributed by atoms with Gasteiger partial charge >= 0.3 is 0 Å². The second-order valence-corrected chi connectivity index (χ2v) is 3.18. The summed E-state index contributed by atoms with van der Waals surface area (Å²) in [6.07, 6.45) is -0.0212. The van der Waals surface area contributed by atoms with E-state index in [2.05, 4.69) is 5.29 Å². The summed E-state index contributed by atoms with van der Waals surface area (Å²) >= 11 is 0. The van der Waals surface area contributed by atoms with Crippen LogP contribution in [-0.2, 0) is 0 Å². The van der Waals surface area contributed by atoms with Crippen LogP contribution in [0.2, 0.25) is 0 Å². The molecule has 0 saturated carbocycles. The highest BCUT2D eigenvalue weighted by Crippen LogP contribution is 2.15. The molecule has 0 amide bonds. The van der Waals surface area contributed by atoms with Crippen LogP contribution in [0.1, 0.15) is 18.1 Å². The Hall–Kier alpha value is -1.42. The Morgan fingerprint density at radius 3 is 2.64 bits per heavy atom. The molecule has 1 rings (SSSR count). The van der Waals surface area contributed by atoms with Crippen molar-refractivity contribution in [2.24, 2.45) is 5.29 Å². The first-order chi connectivity index (χ1) is 6.74. The number of aliphatic hydroxyl groups is 1. The molecule has 1 aromatic rings. The van der Waals surface area contributed by atoms with Crippen molar-refractivity contribution in [3.05, 3.63) is 40.8 Å².